The van der Waals surface area contributed by atoms with Crippen molar-refractivity contribution in [3.05, 3.63) is 0 Å². The quantitative estimate of drug-likeness (QED) is 0.628. The predicted octanol–water partition coefficient (Wildman–Crippen LogP) is 1.58. The average molecular weight is 336 g/mol. The molecule has 0 radical (unpaired) electrons. The van der Waals surface area contributed by atoms with Gasteiger partial charge in [0, 0.05) is 26.2 Å². The van der Waals surface area contributed by atoms with Crippen LogP contribution in [0.1, 0.15) is 0 Å². The van der Waals surface area contributed by atoms with E-state index in [1.165, 1.54) is 0 Å². The summed E-state index contributed by atoms with van der Waals surface area (Å²) < 4.78 is 10.2. The van der Waals surface area contributed by atoms with Crippen LogP contribution in [0.15, 0.2) is 0 Å². The number of hydrogen-bond acceptors (Lipinski definition) is 4. The molecule has 0 N–H and O–H groups in total. The first-order chi connectivity index (χ1) is 8.52. The lowest BCUT2D eigenvalue weighted by atomic mass is 10.5. The molecule has 2 aliphatic rings. The summed E-state index contributed by atoms with van der Waals surface area (Å²) in [7, 11) is 19.1. The average Bonchev–Trinajstić information content (AvgIpc) is 2.31. The Morgan fingerprint density at radius 3 is 1.06 bits per heavy atom. The second-order valence-corrected chi connectivity index (χ2v) is 10.5. The highest BCUT2D eigenvalue weighted by molar-refractivity contribution is 7.54. The minimum atomic E-state index is -1.72. The molecule has 8 heteroatoms. The number of nitrogens with zero attached hydrogens (tertiary/aromatic N) is 2. The van der Waals surface area contributed by atoms with Crippen LogP contribution < -0.4 is 0 Å². The molecule has 0 aromatic carbocycles. The number of rotatable bonds is 0. The van der Waals surface area contributed by atoms with E-state index in [2.05, 4.69) is 23.9 Å². The third-order valence-corrected chi connectivity index (χ3v) is 2.47. The van der Waals surface area contributed by atoms with Crippen molar-refractivity contribution in [2.75, 3.05) is 66.7 Å². The van der Waals surface area contributed by atoms with Crippen LogP contribution in [0, 0.1) is 0 Å². The molecule has 18 heavy (non-hydrogen) atoms. The van der Waals surface area contributed by atoms with Gasteiger partial charge in [-0.2, -0.15) is 0 Å². The van der Waals surface area contributed by atoms with E-state index in [1.54, 1.807) is 0 Å². The fraction of sp³-hybridized carbons (Fsp3) is 1.00. The van der Waals surface area contributed by atoms with E-state index >= 15 is 0 Å². The van der Waals surface area contributed by atoms with Crippen LogP contribution in [0.5, 0.6) is 0 Å². The van der Waals surface area contributed by atoms with E-state index < -0.39 is 11.4 Å². The molecule has 0 spiro atoms. The van der Waals surface area contributed by atoms with Crippen LogP contribution in [0.25, 0.3) is 0 Å². The molecule has 0 amide bonds. The van der Waals surface area contributed by atoms with Crippen molar-refractivity contribution >= 4 is 41.5 Å². The smallest absolute Gasteiger partial charge is 0.379 e. The van der Waals surface area contributed by atoms with Crippen LogP contribution in [-0.4, -0.2) is 87.9 Å². The summed E-state index contributed by atoms with van der Waals surface area (Å²) >= 11 is -1.72. The van der Waals surface area contributed by atoms with Crippen LogP contribution >= 0.6 is 30.1 Å². The number of ether oxygens (including phenoxy) is 2. The Labute approximate surface area is 127 Å². The van der Waals surface area contributed by atoms with Gasteiger partial charge in [-0.3, -0.25) is 0 Å². The van der Waals surface area contributed by atoms with Crippen molar-refractivity contribution in [1.29, 1.82) is 0 Å². The minimum absolute atomic E-state index is 0.913. The lowest BCUT2D eigenvalue weighted by Crippen LogP contribution is -2.32. The highest BCUT2D eigenvalue weighted by Crippen LogP contribution is 1.97. The van der Waals surface area contributed by atoms with Gasteiger partial charge in [0.2, 0.25) is 0 Å². The van der Waals surface area contributed by atoms with E-state index in [1.807, 2.05) is 0 Å². The van der Waals surface area contributed by atoms with Gasteiger partial charge in [-0.1, -0.05) is 0 Å². The zero-order valence-electron chi connectivity index (χ0n) is 11.1. The molecule has 0 bridgehead atoms. The number of likely N-dealkylation sites (N-methyl/N-ethyl adjacent to an activating group) is 2. The van der Waals surface area contributed by atoms with Gasteiger partial charge in [-0.05, 0) is 14.1 Å². The lowest BCUT2D eigenvalue weighted by molar-refractivity contribution is 0.0502. The predicted molar refractivity (Wildman–Crippen MR) is 79.9 cm³/mol. The first kappa shape index (κ1) is 19.2. The van der Waals surface area contributed by atoms with Gasteiger partial charge in [0.25, 0.3) is 0 Å². The van der Waals surface area contributed by atoms with Crippen molar-refractivity contribution in [3.8, 4) is 0 Å². The molecule has 108 valence electrons. The third kappa shape index (κ3) is 15.3. The monoisotopic (exact) mass is 334 g/mol. The molecule has 0 aromatic rings. The molecule has 2 rings (SSSR count). The molecule has 0 aromatic heterocycles. The minimum Gasteiger partial charge on any atom is -0.379 e. The first-order valence-electron chi connectivity index (χ1n) is 5.97. The number of hydrogen-bond donors (Lipinski definition) is 0. The first-order valence-corrected chi connectivity index (χ1v) is 11.2. The van der Waals surface area contributed by atoms with Gasteiger partial charge in [0.15, 0.2) is 0 Å². The Morgan fingerprint density at radius 2 is 0.944 bits per heavy atom. The standard InChI is InChI=1S/2C5H11NO.Al.3ClH/c2*1-6-2-4-7-5-3-6;;;;/h2*2-5H2,1H3;;3*1H/q;;+3;;;/p-3. The van der Waals surface area contributed by atoms with Crippen molar-refractivity contribution in [2.24, 2.45) is 0 Å². The molecule has 2 aliphatic heterocycles. The molecule has 2 heterocycles. The molecular formula is C10H22AlCl3N2O2. The van der Waals surface area contributed by atoms with E-state index in [0.29, 0.717) is 0 Å². The fourth-order valence-electron chi connectivity index (χ4n) is 1.31. The molecule has 0 aliphatic carbocycles. The second-order valence-electron chi connectivity index (χ2n) is 4.08. The molecule has 0 unspecified atom stereocenters. The molecule has 2 fully saturated rings. The van der Waals surface area contributed by atoms with Gasteiger partial charge < -0.3 is 19.3 Å². The van der Waals surface area contributed by atoms with E-state index in [4.69, 9.17) is 39.6 Å². The zero-order valence-corrected chi connectivity index (χ0v) is 14.5. The SMILES string of the molecule is CN1CCOCC1.CN1CCOCC1.[Cl][Al]([Cl])[Cl]. The van der Waals surface area contributed by atoms with Gasteiger partial charge in [0.1, 0.15) is 0 Å². The van der Waals surface area contributed by atoms with E-state index in [9.17, 15) is 0 Å². The molecule has 2 saturated heterocycles. The molecule has 4 nitrogen and oxygen atoms in total. The topological polar surface area (TPSA) is 24.9 Å². The molecule has 0 saturated carbocycles. The Morgan fingerprint density at radius 1 is 0.722 bits per heavy atom. The summed E-state index contributed by atoms with van der Waals surface area (Å²) in [6.07, 6.45) is 0. The highest BCUT2D eigenvalue weighted by Gasteiger charge is 2.03. The largest absolute Gasteiger partial charge is 0.643 e. The van der Waals surface area contributed by atoms with Crippen molar-refractivity contribution < 1.29 is 9.47 Å². The Balaban J connectivity index is 0.000000253. The van der Waals surface area contributed by atoms with E-state index in [-0.39, 0.29) is 0 Å². The zero-order chi connectivity index (χ0) is 13.8. The lowest BCUT2D eigenvalue weighted by Gasteiger charge is -2.21. The maximum absolute atomic E-state index is 5.10. The summed E-state index contributed by atoms with van der Waals surface area (Å²) in [5, 5.41) is 0. The third-order valence-electron chi connectivity index (χ3n) is 2.47. The van der Waals surface area contributed by atoms with Crippen LogP contribution in [-0.2, 0) is 9.47 Å². The van der Waals surface area contributed by atoms with Gasteiger partial charge >= 0.3 is 11.4 Å². The van der Waals surface area contributed by atoms with Gasteiger partial charge in [-0.15, -0.1) is 0 Å². The molecular weight excluding hydrogens is 313 g/mol. The Kier molecular flexibility index (Phi) is 14.1. The van der Waals surface area contributed by atoms with E-state index in [0.717, 1.165) is 52.6 Å². The van der Waals surface area contributed by atoms with Gasteiger partial charge in [-0.25, -0.2) is 30.1 Å². The maximum atomic E-state index is 5.10. The summed E-state index contributed by atoms with van der Waals surface area (Å²) in [5.41, 5.74) is 0. The summed E-state index contributed by atoms with van der Waals surface area (Å²) in [4.78, 5) is 4.53. The normalized spacial score (nSPS) is 21.2. The Bertz CT molecular complexity index is 162. The van der Waals surface area contributed by atoms with Crippen molar-refractivity contribution in [2.45, 2.75) is 0 Å². The maximum Gasteiger partial charge on any atom is 0.643 e. The van der Waals surface area contributed by atoms with Crippen LogP contribution in [0.2, 0.25) is 0 Å². The van der Waals surface area contributed by atoms with Crippen LogP contribution in [0.3, 0.4) is 0 Å². The van der Waals surface area contributed by atoms with Crippen molar-refractivity contribution in [3.63, 3.8) is 0 Å². The highest BCUT2D eigenvalue weighted by atomic mass is 35.8. The molecule has 0 atom stereocenters. The van der Waals surface area contributed by atoms with Crippen molar-refractivity contribution in [1.82, 2.24) is 9.80 Å². The van der Waals surface area contributed by atoms with Gasteiger partial charge in [0.05, 0.1) is 26.4 Å². The number of halogens is 3. The number of morpholine rings is 2. The fourth-order valence-corrected chi connectivity index (χ4v) is 1.31. The Hall–Kier alpha value is 1.24. The summed E-state index contributed by atoms with van der Waals surface area (Å²) in [6, 6.07) is 0. The summed E-state index contributed by atoms with van der Waals surface area (Å²) in [5.74, 6) is 0. The summed E-state index contributed by atoms with van der Waals surface area (Å²) in [6.45, 7) is 8.04. The van der Waals surface area contributed by atoms with Crippen LogP contribution in [0.4, 0.5) is 0 Å². The second kappa shape index (κ2) is 13.2.